The summed E-state index contributed by atoms with van der Waals surface area (Å²) in [7, 11) is 3.15. The molecule has 0 spiro atoms. The van der Waals surface area contributed by atoms with Gasteiger partial charge in [0.1, 0.15) is 11.5 Å². The predicted octanol–water partition coefficient (Wildman–Crippen LogP) is 2.39. The number of hydrogen-bond acceptors (Lipinski definition) is 9. The zero-order valence-corrected chi connectivity index (χ0v) is 19.6. The van der Waals surface area contributed by atoms with Crippen molar-refractivity contribution < 1.29 is 18.8 Å². The number of nitrogens with zero attached hydrogens (tertiary/aromatic N) is 5. The molecule has 1 amide bonds. The molecule has 0 atom stereocenters. The average molecular weight is 482 g/mol. The van der Waals surface area contributed by atoms with E-state index in [2.05, 4.69) is 15.0 Å². The number of rotatable bonds is 6. The molecule has 0 bridgehead atoms. The molecule has 0 saturated carbocycles. The molecule has 34 heavy (non-hydrogen) atoms. The molecule has 10 nitrogen and oxygen atoms in total. The van der Waals surface area contributed by atoms with Crippen molar-refractivity contribution in [1.29, 1.82) is 0 Å². The van der Waals surface area contributed by atoms with E-state index in [1.165, 1.54) is 15.7 Å². The molecule has 4 aromatic rings. The third-order valence-corrected chi connectivity index (χ3v) is 6.56. The van der Waals surface area contributed by atoms with Crippen LogP contribution in [0, 0.1) is 0 Å². The van der Waals surface area contributed by atoms with Crippen LogP contribution in [0.5, 0.6) is 11.5 Å². The first-order chi connectivity index (χ1) is 16.6. The van der Waals surface area contributed by atoms with E-state index >= 15 is 0 Å². The molecule has 1 aliphatic rings. The summed E-state index contributed by atoms with van der Waals surface area (Å²) >= 11 is 1.43. The Morgan fingerprint density at radius 3 is 2.71 bits per heavy atom. The summed E-state index contributed by atoms with van der Waals surface area (Å²) < 4.78 is 17.7. The number of benzene rings is 1. The van der Waals surface area contributed by atoms with Crippen molar-refractivity contribution in [1.82, 2.24) is 24.3 Å². The molecule has 3 aromatic heterocycles. The summed E-state index contributed by atoms with van der Waals surface area (Å²) in [6.07, 6.45) is 1.73. The van der Waals surface area contributed by atoms with Crippen LogP contribution in [0.3, 0.4) is 0 Å². The second-order valence-corrected chi connectivity index (χ2v) is 8.73. The lowest BCUT2D eigenvalue weighted by Gasteiger charge is -2.34. The monoisotopic (exact) mass is 481 g/mol. The van der Waals surface area contributed by atoms with Crippen molar-refractivity contribution in [3.05, 3.63) is 63.7 Å². The molecule has 4 heterocycles. The van der Waals surface area contributed by atoms with Crippen LogP contribution in [-0.4, -0.2) is 70.6 Å². The van der Waals surface area contributed by atoms with E-state index < -0.39 is 0 Å². The van der Waals surface area contributed by atoms with Crippen LogP contribution in [-0.2, 0) is 6.54 Å². The van der Waals surface area contributed by atoms with Gasteiger partial charge in [0.25, 0.3) is 11.5 Å². The fourth-order valence-electron chi connectivity index (χ4n) is 3.98. The number of amides is 1. The van der Waals surface area contributed by atoms with Crippen LogP contribution in [0.4, 0.5) is 0 Å². The Hall–Kier alpha value is -3.70. The minimum absolute atomic E-state index is 0.0791. The Labute approximate surface area is 198 Å². The highest BCUT2D eigenvalue weighted by Gasteiger charge is 2.26. The molecule has 1 fully saturated rings. The number of ether oxygens (including phenoxy) is 2. The van der Waals surface area contributed by atoms with Gasteiger partial charge in [0, 0.05) is 56.4 Å². The van der Waals surface area contributed by atoms with Crippen LogP contribution in [0.15, 0.2) is 51.2 Å². The minimum Gasteiger partial charge on any atom is -0.497 e. The van der Waals surface area contributed by atoms with Gasteiger partial charge in [-0.2, -0.15) is 0 Å². The van der Waals surface area contributed by atoms with Crippen LogP contribution in [0.1, 0.15) is 16.2 Å². The number of carbonyl (C=O) groups is 1. The first kappa shape index (κ1) is 22.1. The van der Waals surface area contributed by atoms with E-state index in [0.717, 1.165) is 5.69 Å². The van der Waals surface area contributed by atoms with Gasteiger partial charge in [0.2, 0.25) is 0 Å². The third-order valence-electron chi connectivity index (χ3n) is 5.80. The highest BCUT2D eigenvalue weighted by Crippen LogP contribution is 2.34. The molecule has 0 unspecified atom stereocenters. The topological polar surface area (TPSA) is 102 Å². The SMILES string of the molecule is COc1ccc(OC)c(-c2cc(C(=O)N3CCN(Cc4cc(=O)n5ccsc5n4)CC3)no2)c1. The Morgan fingerprint density at radius 1 is 1.12 bits per heavy atom. The second-order valence-electron chi connectivity index (χ2n) is 7.85. The van der Waals surface area contributed by atoms with Gasteiger partial charge in [-0.1, -0.05) is 5.16 Å². The quantitative estimate of drug-likeness (QED) is 0.414. The summed E-state index contributed by atoms with van der Waals surface area (Å²) in [5.74, 6) is 1.48. The summed E-state index contributed by atoms with van der Waals surface area (Å²) in [6.45, 7) is 3.00. The van der Waals surface area contributed by atoms with Gasteiger partial charge in [0.05, 0.1) is 25.5 Å². The van der Waals surface area contributed by atoms with E-state index in [9.17, 15) is 9.59 Å². The van der Waals surface area contributed by atoms with Crippen molar-refractivity contribution in [2.75, 3.05) is 40.4 Å². The fraction of sp³-hybridized carbons (Fsp3) is 0.304. The van der Waals surface area contributed by atoms with Crippen LogP contribution in [0.2, 0.25) is 0 Å². The lowest BCUT2D eigenvalue weighted by atomic mass is 10.1. The Balaban J connectivity index is 1.24. The summed E-state index contributed by atoms with van der Waals surface area (Å²) in [4.78, 5) is 34.4. The fourth-order valence-corrected chi connectivity index (χ4v) is 4.72. The summed E-state index contributed by atoms with van der Waals surface area (Å²) in [5, 5.41) is 5.84. The van der Waals surface area contributed by atoms with E-state index in [0.29, 0.717) is 60.5 Å². The largest absolute Gasteiger partial charge is 0.497 e. The van der Waals surface area contributed by atoms with Gasteiger partial charge >= 0.3 is 0 Å². The van der Waals surface area contributed by atoms with Crippen molar-refractivity contribution >= 4 is 22.2 Å². The van der Waals surface area contributed by atoms with E-state index in [1.54, 1.807) is 55.6 Å². The van der Waals surface area contributed by atoms with E-state index in [-0.39, 0.29) is 17.2 Å². The number of hydrogen-bond donors (Lipinski definition) is 0. The number of fused-ring (bicyclic) bond motifs is 1. The van der Waals surface area contributed by atoms with Crippen LogP contribution in [0.25, 0.3) is 16.3 Å². The third kappa shape index (κ3) is 4.27. The number of thiazole rings is 1. The molecule has 1 aromatic carbocycles. The Morgan fingerprint density at radius 2 is 1.94 bits per heavy atom. The van der Waals surface area contributed by atoms with Gasteiger partial charge in [-0.3, -0.25) is 18.9 Å². The van der Waals surface area contributed by atoms with Crippen LogP contribution < -0.4 is 15.0 Å². The predicted molar refractivity (Wildman–Crippen MR) is 126 cm³/mol. The highest BCUT2D eigenvalue weighted by atomic mass is 32.1. The Bertz CT molecular complexity index is 1390. The number of carbonyl (C=O) groups excluding carboxylic acids is 1. The molecular formula is C23H23N5O5S. The first-order valence-corrected chi connectivity index (χ1v) is 11.6. The molecule has 0 radical (unpaired) electrons. The first-order valence-electron chi connectivity index (χ1n) is 10.7. The second kappa shape index (κ2) is 9.27. The molecular weight excluding hydrogens is 458 g/mol. The van der Waals surface area contributed by atoms with E-state index in [4.69, 9.17) is 14.0 Å². The lowest BCUT2D eigenvalue weighted by molar-refractivity contribution is 0.0617. The van der Waals surface area contributed by atoms with Gasteiger partial charge in [-0.25, -0.2) is 4.98 Å². The standard InChI is InChI=1S/C23H23N5O5S/c1-31-16-3-4-19(32-2)17(12-16)20-13-18(25-33-20)22(30)27-7-5-26(6-8-27)14-15-11-21(29)28-9-10-34-23(28)24-15/h3-4,9-13H,5-8,14H2,1-2H3. The minimum atomic E-state index is -0.187. The molecule has 0 N–H and O–H groups in total. The zero-order chi connectivity index (χ0) is 23.7. The van der Waals surface area contributed by atoms with Crippen LogP contribution >= 0.6 is 11.3 Å². The molecule has 5 rings (SSSR count). The maximum atomic E-state index is 13.0. The molecule has 1 aliphatic heterocycles. The smallest absolute Gasteiger partial charge is 0.276 e. The summed E-state index contributed by atoms with van der Waals surface area (Å²) in [6, 6.07) is 8.53. The Kier molecular flexibility index (Phi) is 6.03. The normalized spacial score (nSPS) is 14.5. The lowest BCUT2D eigenvalue weighted by Crippen LogP contribution is -2.48. The van der Waals surface area contributed by atoms with Gasteiger partial charge in [-0.15, -0.1) is 11.3 Å². The molecule has 1 saturated heterocycles. The summed E-state index contributed by atoms with van der Waals surface area (Å²) in [5.41, 5.74) is 1.56. The highest BCUT2D eigenvalue weighted by molar-refractivity contribution is 7.15. The van der Waals surface area contributed by atoms with Crippen molar-refractivity contribution in [2.45, 2.75) is 6.54 Å². The van der Waals surface area contributed by atoms with Gasteiger partial charge < -0.3 is 18.9 Å². The van der Waals surface area contributed by atoms with Crippen molar-refractivity contribution in [2.24, 2.45) is 0 Å². The number of piperazine rings is 1. The average Bonchev–Trinajstić information content (AvgIpc) is 3.54. The molecule has 11 heteroatoms. The maximum Gasteiger partial charge on any atom is 0.276 e. The zero-order valence-electron chi connectivity index (χ0n) is 18.8. The molecule has 176 valence electrons. The number of aromatic nitrogens is 3. The van der Waals surface area contributed by atoms with Gasteiger partial charge in [0.15, 0.2) is 16.4 Å². The number of methoxy groups -OCH3 is 2. The van der Waals surface area contributed by atoms with E-state index in [1.807, 2.05) is 5.38 Å². The maximum absolute atomic E-state index is 13.0. The van der Waals surface area contributed by atoms with Crippen molar-refractivity contribution in [3.63, 3.8) is 0 Å². The van der Waals surface area contributed by atoms with Gasteiger partial charge in [-0.05, 0) is 18.2 Å². The molecule has 0 aliphatic carbocycles. The van der Waals surface area contributed by atoms with Crippen molar-refractivity contribution in [3.8, 4) is 22.8 Å².